The molecule has 1 fully saturated rings. The number of benzene rings is 1. The fraction of sp³-hybridized carbons (Fsp3) is 0.333. The van der Waals surface area contributed by atoms with Gasteiger partial charge in [0, 0.05) is 29.3 Å². The molecule has 1 aromatic heterocycles. The summed E-state index contributed by atoms with van der Waals surface area (Å²) in [4.78, 5) is 16.6. The van der Waals surface area contributed by atoms with E-state index in [9.17, 15) is 4.79 Å². The van der Waals surface area contributed by atoms with E-state index in [2.05, 4.69) is 4.98 Å². The van der Waals surface area contributed by atoms with Gasteiger partial charge in [0.2, 0.25) is 0 Å². The number of rotatable bonds is 2. The van der Waals surface area contributed by atoms with Crippen molar-refractivity contribution < 1.29 is 4.79 Å². The second-order valence-corrected chi connectivity index (χ2v) is 4.75. The highest BCUT2D eigenvalue weighted by molar-refractivity contribution is 6.08. The minimum Gasteiger partial charge on any atom is -0.294 e. The number of hydrogen-bond donors (Lipinski definition) is 0. The van der Waals surface area contributed by atoms with Crippen molar-refractivity contribution in [1.82, 2.24) is 4.98 Å². The van der Waals surface area contributed by atoms with Crippen molar-refractivity contribution in [3.05, 3.63) is 42.2 Å². The van der Waals surface area contributed by atoms with Crippen LogP contribution in [0.5, 0.6) is 0 Å². The fourth-order valence-electron chi connectivity index (χ4n) is 2.74. The highest BCUT2D eigenvalue weighted by Crippen LogP contribution is 2.30. The van der Waals surface area contributed by atoms with Crippen molar-refractivity contribution >= 4 is 16.6 Å². The highest BCUT2D eigenvalue weighted by Gasteiger charge is 2.24. The highest BCUT2D eigenvalue weighted by atomic mass is 16.1. The SMILES string of the molecule is O=C(c1cccc2ccncc12)C1CCCC1. The van der Waals surface area contributed by atoms with E-state index in [-0.39, 0.29) is 5.92 Å². The standard InChI is InChI=1S/C15H15NO/c17-15(12-4-1-2-5-12)13-7-3-6-11-8-9-16-10-14(11)13/h3,6-10,12H,1-2,4-5H2. The van der Waals surface area contributed by atoms with Crippen LogP contribution in [-0.2, 0) is 0 Å². The Bertz CT molecular complexity index is 550. The molecule has 0 radical (unpaired) electrons. The first-order chi connectivity index (χ1) is 8.36. The van der Waals surface area contributed by atoms with Crippen LogP contribution in [0.3, 0.4) is 0 Å². The number of carbonyl (C=O) groups excluding carboxylic acids is 1. The Labute approximate surface area is 101 Å². The monoisotopic (exact) mass is 225 g/mol. The topological polar surface area (TPSA) is 30.0 Å². The Morgan fingerprint density at radius 3 is 2.82 bits per heavy atom. The quantitative estimate of drug-likeness (QED) is 0.731. The molecule has 0 bridgehead atoms. The lowest BCUT2D eigenvalue weighted by atomic mass is 9.93. The maximum absolute atomic E-state index is 12.4. The molecule has 0 unspecified atom stereocenters. The third-order valence-electron chi connectivity index (χ3n) is 3.68. The van der Waals surface area contributed by atoms with Gasteiger partial charge in [-0.15, -0.1) is 0 Å². The van der Waals surface area contributed by atoms with E-state index >= 15 is 0 Å². The lowest BCUT2D eigenvalue weighted by molar-refractivity contribution is 0.0924. The van der Waals surface area contributed by atoms with E-state index in [1.807, 2.05) is 24.3 Å². The first kappa shape index (κ1) is 10.5. The molecule has 3 rings (SSSR count). The summed E-state index contributed by atoms with van der Waals surface area (Å²) >= 11 is 0. The Morgan fingerprint density at radius 1 is 1.18 bits per heavy atom. The minimum atomic E-state index is 0.237. The molecular formula is C15H15NO. The Kier molecular flexibility index (Phi) is 2.63. The lowest BCUT2D eigenvalue weighted by Gasteiger charge is -2.10. The molecule has 86 valence electrons. The zero-order valence-corrected chi connectivity index (χ0v) is 9.73. The zero-order chi connectivity index (χ0) is 11.7. The third kappa shape index (κ3) is 1.84. The summed E-state index contributed by atoms with van der Waals surface area (Å²) in [6.45, 7) is 0. The van der Waals surface area contributed by atoms with Gasteiger partial charge in [-0.25, -0.2) is 0 Å². The molecule has 1 aliphatic rings. The van der Waals surface area contributed by atoms with Crippen LogP contribution < -0.4 is 0 Å². The van der Waals surface area contributed by atoms with Crippen molar-refractivity contribution in [1.29, 1.82) is 0 Å². The number of aromatic nitrogens is 1. The van der Waals surface area contributed by atoms with Crippen molar-refractivity contribution in [3.8, 4) is 0 Å². The second-order valence-electron chi connectivity index (χ2n) is 4.75. The summed E-state index contributed by atoms with van der Waals surface area (Å²) in [6.07, 6.45) is 8.06. The summed E-state index contributed by atoms with van der Waals surface area (Å²) in [5.74, 6) is 0.543. The maximum Gasteiger partial charge on any atom is 0.166 e. The molecule has 0 amide bonds. The predicted octanol–water partition coefficient (Wildman–Crippen LogP) is 3.61. The molecule has 0 aliphatic heterocycles. The molecule has 1 saturated carbocycles. The molecule has 1 heterocycles. The predicted molar refractivity (Wildman–Crippen MR) is 68.0 cm³/mol. The third-order valence-corrected chi connectivity index (χ3v) is 3.68. The number of ketones is 1. The first-order valence-corrected chi connectivity index (χ1v) is 6.23. The molecule has 0 saturated heterocycles. The fourth-order valence-corrected chi connectivity index (χ4v) is 2.74. The minimum absolute atomic E-state index is 0.237. The Morgan fingerprint density at radius 2 is 2.00 bits per heavy atom. The van der Waals surface area contributed by atoms with Crippen LogP contribution in [0, 0.1) is 5.92 Å². The van der Waals surface area contributed by atoms with Gasteiger partial charge >= 0.3 is 0 Å². The molecule has 0 spiro atoms. The summed E-state index contributed by atoms with van der Waals surface area (Å²) in [7, 11) is 0. The van der Waals surface area contributed by atoms with E-state index in [1.165, 1.54) is 12.8 Å². The van der Waals surface area contributed by atoms with Gasteiger partial charge in [-0.05, 0) is 24.3 Å². The average molecular weight is 225 g/mol. The molecule has 0 N–H and O–H groups in total. The molecule has 1 aliphatic carbocycles. The van der Waals surface area contributed by atoms with E-state index in [0.29, 0.717) is 5.78 Å². The van der Waals surface area contributed by atoms with Gasteiger partial charge < -0.3 is 0 Å². The van der Waals surface area contributed by atoms with Crippen LogP contribution in [-0.4, -0.2) is 10.8 Å². The summed E-state index contributed by atoms with van der Waals surface area (Å²) in [5, 5.41) is 2.09. The van der Waals surface area contributed by atoms with Crippen LogP contribution in [0.15, 0.2) is 36.7 Å². The molecule has 17 heavy (non-hydrogen) atoms. The average Bonchev–Trinajstić information content (AvgIpc) is 2.91. The number of nitrogens with zero attached hydrogens (tertiary/aromatic N) is 1. The summed E-state index contributed by atoms with van der Waals surface area (Å²) < 4.78 is 0. The summed E-state index contributed by atoms with van der Waals surface area (Å²) in [6, 6.07) is 7.89. The molecular weight excluding hydrogens is 210 g/mol. The Balaban J connectivity index is 2.07. The number of pyridine rings is 1. The van der Waals surface area contributed by atoms with Crippen LogP contribution >= 0.6 is 0 Å². The van der Waals surface area contributed by atoms with E-state index in [4.69, 9.17) is 0 Å². The number of hydrogen-bond acceptors (Lipinski definition) is 2. The van der Waals surface area contributed by atoms with Gasteiger partial charge in [-0.3, -0.25) is 9.78 Å². The molecule has 2 nitrogen and oxygen atoms in total. The van der Waals surface area contributed by atoms with Crippen molar-refractivity contribution in [3.63, 3.8) is 0 Å². The largest absolute Gasteiger partial charge is 0.294 e. The number of carbonyl (C=O) groups is 1. The normalized spacial score (nSPS) is 16.5. The van der Waals surface area contributed by atoms with Gasteiger partial charge in [0.15, 0.2) is 5.78 Å². The van der Waals surface area contributed by atoms with Gasteiger partial charge in [0.05, 0.1) is 0 Å². The second kappa shape index (κ2) is 4.28. The molecule has 0 atom stereocenters. The number of fused-ring (bicyclic) bond motifs is 1. The van der Waals surface area contributed by atoms with Crippen molar-refractivity contribution in [2.24, 2.45) is 5.92 Å². The summed E-state index contributed by atoms with van der Waals surface area (Å²) in [5.41, 5.74) is 0.850. The Hall–Kier alpha value is -1.70. The van der Waals surface area contributed by atoms with Crippen LogP contribution in [0.1, 0.15) is 36.0 Å². The van der Waals surface area contributed by atoms with E-state index in [0.717, 1.165) is 29.2 Å². The van der Waals surface area contributed by atoms with Gasteiger partial charge in [-0.2, -0.15) is 0 Å². The van der Waals surface area contributed by atoms with Crippen LogP contribution in [0.2, 0.25) is 0 Å². The number of Topliss-reactive ketones (excluding diaryl/α,β-unsaturated/α-hetero) is 1. The lowest BCUT2D eigenvalue weighted by Crippen LogP contribution is -2.11. The van der Waals surface area contributed by atoms with Gasteiger partial charge in [0.1, 0.15) is 0 Å². The van der Waals surface area contributed by atoms with Crippen molar-refractivity contribution in [2.75, 3.05) is 0 Å². The smallest absolute Gasteiger partial charge is 0.166 e. The van der Waals surface area contributed by atoms with Gasteiger partial charge in [0.25, 0.3) is 0 Å². The van der Waals surface area contributed by atoms with Gasteiger partial charge in [-0.1, -0.05) is 31.0 Å². The first-order valence-electron chi connectivity index (χ1n) is 6.23. The molecule has 1 aromatic carbocycles. The van der Waals surface area contributed by atoms with Crippen LogP contribution in [0.4, 0.5) is 0 Å². The molecule has 2 heteroatoms. The van der Waals surface area contributed by atoms with E-state index in [1.54, 1.807) is 12.4 Å². The maximum atomic E-state index is 12.4. The molecule has 2 aromatic rings. The van der Waals surface area contributed by atoms with Crippen molar-refractivity contribution in [2.45, 2.75) is 25.7 Å². The van der Waals surface area contributed by atoms with E-state index < -0.39 is 0 Å². The van der Waals surface area contributed by atoms with Crippen LogP contribution in [0.25, 0.3) is 10.8 Å². The zero-order valence-electron chi connectivity index (χ0n) is 9.73.